The summed E-state index contributed by atoms with van der Waals surface area (Å²) < 4.78 is 28.7. The van der Waals surface area contributed by atoms with Crippen molar-refractivity contribution in [2.75, 3.05) is 12.1 Å². The van der Waals surface area contributed by atoms with Gasteiger partial charge in [-0.25, -0.2) is 9.18 Å². The van der Waals surface area contributed by atoms with Crippen molar-refractivity contribution in [3.63, 3.8) is 0 Å². The minimum atomic E-state index is -0.705. The zero-order chi connectivity index (χ0) is 16.7. The molecular weight excluding hydrogens is 317 g/mol. The van der Waals surface area contributed by atoms with Gasteiger partial charge < -0.3 is 19.2 Å². The van der Waals surface area contributed by atoms with Crippen LogP contribution < -0.4 is 20.4 Å². The average Bonchev–Trinajstić information content (AvgIpc) is 3.02. The number of ether oxygens (including phenoxy) is 2. The van der Waals surface area contributed by atoms with E-state index in [9.17, 15) is 14.0 Å². The third-order valence-corrected chi connectivity index (χ3v) is 3.58. The van der Waals surface area contributed by atoms with Crippen molar-refractivity contribution in [1.29, 1.82) is 0 Å². The van der Waals surface area contributed by atoms with E-state index in [2.05, 4.69) is 5.32 Å². The molecule has 1 aliphatic heterocycles. The van der Waals surface area contributed by atoms with Crippen LogP contribution in [0.3, 0.4) is 0 Å². The molecule has 0 bridgehead atoms. The number of halogens is 1. The fraction of sp³-hybridized carbons (Fsp3) is 0.0588. The molecule has 0 aliphatic carbocycles. The number of anilines is 1. The summed E-state index contributed by atoms with van der Waals surface area (Å²) in [5.41, 5.74) is -0.255. The lowest BCUT2D eigenvalue weighted by molar-refractivity contribution is 0.0993. The second-order valence-corrected chi connectivity index (χ2v) is 5.15. The van der Waals surface area contributed by atoms with E-state index in [4.69, 9.17) is 13.9 Å². The van der Waals surface area contributed by atoms with Crippen LogP contribution >= 0.6 is 0 Å². The van der Waals surface area contributed by atoms with Gasteiger partial charge in [0.25, 0.3) is 5.91 Å². The molecule has 2 heterocycles. The lowest BCUT2D eigenvalue weighted by Crippen LogP contribution is -2.15. The number of benzene rings is 2. The topological polar surface area (TPSA) is 77.8 Å². The highest BCUT2D eigenvalue weighted by Gasteiger charge is 2.16. The van der Waals surface area contributed by atoms with Gasteiger partial charge in [-0.1, -0.05) is 0 Å². The Hall–Kier alpha value is -3.35. The molecule has 0 atom stereocenters. The third kappa shape index (κ3) is 2.45. The van der Waals surface area contributed by atoms with Crippen molar-refractivity contribution in [2.45, 2.75) is 0 Å². The van der Waals surface area contributed by atoms with Gasteiger partial charge in [0, 0.05) is 11.8 Å². The number of fused-ring (bicyclic) bond motifs is 2. The molecule has 1 aliphatic rings. The van der Waals surface area contributed by atoms with Crippen molar-refractivity contribution < 1.29 is 23.1 Å². The maximum absolute atomic E-state index is 13.3. The molecule has 7 heteroatoms. The monoisotopic (exact) mass is 327 g/mol. The molecular formula is C17H10FNO5. The normalized spacial score (nSPS) is 12.4. The zero-order valence-corrected chi connectivity index (χ0v) is 12.2. The Morgan fingerprint density at radius 2 is 1.88 bits per heavy atom. The summed E-state index contributed by atoms with van der Waals surface area (Å²) in [5.74, 6) is -0.251. The summed E-state index contributed by atoms with van der Waals surface area (Å²) in [5, 5.41) is 3.09. The van der Waals surface area contributed by atoms with Gasteiger partial charge in [-0.05, 0) is 41.8 Å². The van der Waals surface area contributed by atoms with E-state index in [0.717, 1.165) is 6.07 Å². The van der Waals surface area contributed by atoms with Crippen molar-refractivity contribution in [2.24, 2.45) is 0 Å². The number of hydrogen-bond acceptors (Lipinski definition) is 5. The van der Waals surface area contributed by atoms with Crippen LogP contribution in [0.15, 0.2) is 51.7 Å². The van der Waals surface area contributed by atoms with Gasteiger partial charge >= 0.3 is 5.63 Å². The Balaban J connectivity index is 1.67. The number of rotatable bonds is 2. The minimum Gasteiger partial charge on any atom is -0.454 e. The molecule has 0 spiro atoms. The van der Waals surface area contributed by atoms with Gasteiger partial charge in [0.05, 0.1) is 5.39 Å². The second kappa shape index (κ2) is 5.38. The smallest absolute Gasteiger partial charge is 0.344 e. The highest BCUT2D eigenvalue weighted by molar-refractivity contribution is 6.04. The number of amides is 1. The Morgan fingerprint density at radius 1 is 1.04 bits per heavy atom. The highest BCUT2D eigenvalue weighted by atomic mass is 19.1. The van der Waals surface area contributed by atoms with Crippen LogP contribution in [-0.4, -0.2) is 12.7 Å². The van der Waals surface area contributed by atoms with E-state index in [1.807, 2.05) is 0 Å². The molecule has 0 saturated carbocycles. The molecule has 1 N–H and O–H groups in total. The predicted octanol–water partition coefficient (Wildman–Crippen LogP) is 2.91. The first-order chi connectivity index (χ1) is 11.6. The number of nitrogens with one attached hydrogen (secondary N) is 1. The van der Waals surface area contributed by atoms with Crippen LogP contribution in [0, 0.1) is 5.82 Å². The summed E-state index contributed by atoms with van der Waals surface area (Å²) in [6, 6.07) is 9.85. The molecule has 4 rings (SSSR count). The maximum Gasteiger partial charge on any atom is 0.344 e. The first kappa shape index (κ1) is 14.3. The van der Waals surface area contributed by atoms with Gasteiger partial charge in [-0.2, -0.15) is 0 Å². The Bertz CT molecular complexity index is 1030. The molecule has 0 unspecified atom stereocenters. The molecule has 1 amide bonds. The van der Waals surface area contributed by atoms with E-state index in [0.29, 0.717) is 22.6 Å². The van der Waals surface area contributed by atoms with E-state index in [1.54, 1.807) is 18.2 Å². The molecule has 1 aromatic heterocycles. The number of hydrogen-bond donors (Lipinski definition) is 1. The minimum absolute atomic E-state index is 0.123. The third-order valence-electron chi connectivity index (χ3n) is 3.58. The molecule has 0 fully saturated rings. The summed E-state index contributed by atoms with van der Waals surface area (Å²) in [6.07, 6.45) is 0. The van der Waals surface area contributed by atoms with Gasteiger partial charge in [0.1, 0.15) is 5.82 Å². The molecule has 0 saturated heterocycles. The Kier molecular flexibility index (Phi) is 3.19. The maximum atomic E-state index is 13.3. The van der Waals surface area contributed by atoms with E-state index in [1.165, 1.54) is 18.2 Å². The highest BCUT2D eigenvalue weighted by Crippen LogP contribution is 2.34. The van der Waals surface area contributed by atoms with Crippen molar-refractivity contribution in [3.05, 3.63) is 64.5 Å². The molecule has 2 aromatic carbocycles. The molecule has 3 aromatic rings. The van der Waals surface area contributed by atoms with Crippen molar-refractivity contribution in [3.8, 4) is 11.5 Å². The summed E-state index contributed by atoms with van der Waals surface area (Å²) in [6.45, 7) is 0.123. The molecule has 6 nitrogen and oxygen atoms in total. The quantitative estimate of drug-likeness (QED) is 0.783. The van der Waals surface area contributed by atoms with Crippen LogP contribution in [0.4, 0.5) is 10.1 Å². The van der Waals surface area contributed by atoms with Gasteiger partial charge in [-0.3, -0.25) is 4.79 Å². The standard InChI is InChI=1S/C17H10FNO5/c18-10-1-3-12-9(5-10)6-15(24-17(12)21)16(20)19-11-2-4-13-14(7-11)23-8-22-13/h1-7H,8H2,(H,19,20). The molecule has 24 heavy (non-hydrogen) atoms. The fourth-order valence-electron chi connectivity index (χ4n) is 2.44. The van der Waals surface area contributed by atoms with Gasteiger partial charge in [0.2, 0.25) is 6.79 Å². The first-order valence-electron chi connectivity index (χ1n) is 7.04. The van der Waals surface area contributed by atoms with Crippen LogP contribution in [0.25, 0.3) is 10.8 Å². The summed E-state index contributed by atoms with van der Waals surface area (Å²) in [7, 11) is 0. The lowest BCUT2D eigenvalue weighted by atomic mass is 10.1. The predicted molar refractivity (Wildman–Crippen MR) is 83.0 cm³/mol. The number of carbonyl (C=O) groups excluding carboxylic acids is 1. The number of carbonyl (C=O) groups is 1. The van der Waals surface area contributed by atoms with E-state index >= 15 is 0 Å². The van der Waals surface area contributed by atoms with E-state index in [-0.39, 0.29) is 17.9 Å². The fourth-order valence-corrected chi connectivity index (χ4v) is 2.44. The van der Waals surface area contributed by atoms with Crippen molar-refractivity contribution in [1.82, 2.24) is 0 Å². The Morgan fingerprint density at radius 3 is 2.75 bits per heavy atom. The van der Waals surface area contributed by atoms with Gasteiger partial charge in [0.15, 0.2) is 17.3 Å². The largest absolute Gasteiger partial charge is 0.454 e. The average molecular weight is 327 g/mol. The van der Waals surface area contributed by atoms with Gasteiger partial charge in [-0.15, -0.1) is 0 Å². The van der Waals surface area contributed by atoms with Crippen LogP contribution in [0.1, 0.15) is 10.6 Å². The van der Waals surface area contributed by atoms with Crippen molar-refractivity contribution >= 4 is 22.4 Å². The second-order valence-electron chi connectivity index (χ2n) is 5.15. The zero-order valence-electron chi connectivity index (χ0n) is 12.2. The molecule has 120 valence electrons. The van der Waals surface area contributed by atoms with Crippen LogP contribution in [-0.2, 0) is 0 Å². The van der Waals surface area contributed by atoms with E-state index < -0.39 is 17.3 Å². The summed E-state index contributed by atoms with van der Waals surface area (Å²) >= 11 is 0. The molecule has 0 radical (unpaired) electrons. The van der Waals surface area contributed by atoms with Crippen LogP contribution in [0.5, 0.6) is 11.5 Å². The Labute approximate surface area is 134 Å². The lowest BCUT2D eigenvalue weighted by Gasteiger charge is -2.06. The summed E-state index contributed by atoms with van der Waals surface area (Å²) in [4.78, 5) is 24.2. The first-order valence-corrected chi connectivity index (χ1v) is 7.04. The van der Waals surface area contributed by atoms with Crippen LogP contribution in [0.2, 0.25) is 0 Å². The SMILES string of the molecule is O=C(Nc1ccc2c(c1)OCO2)c1cc2cc(F)ccc2c(=O)o1.